The van der Waals surface area contributed by atoms with Crippen LogP contribution < -0.4 is 10.6 Å². The number of hydrogen-bond acceptors (Lipinski definition) is 6. The van der Waals surface area contributed by atoms with Gasteiger partial charge in [-0.2, -0.15) is 4.31 Å². The second-order valence-corrected chi connectivity index (χ2v) is 11.7. The molecule has 32 heavy (non-hydrogen) atoms. The molecule has 1 aromatic carbocycles. The summed E-state index contributed by atoms with van der Waals surface area (Å²) in [7, 11) is -3.55. The maximum Gasteiger partial charge on any atom is 0.321 e. The molecule has 2 N–H and O–H groups in total. The van der Waals surface area contributed by atoms with Crippen LogP contribution in [0.3, 0.4) is 0 Å². The lowest BCUT2D eigenvalue weighted by Crippen LogP contribution is -2.48. The highest BCUT2D eigenvalue weighted by Gasteiger charge is 2.27. The minimum Gasteiger partial charge on any atom is -0.333 e. The van der Waals surface area contributed by atoms with Crippen molar-refractivity contribution in [2.24, 2.45) is 0 Å². The number of nitrogens with one attached hydrogen (secondary N) is 2. The van der Waals surface area contributed by atoms with Crippen LogP contribution in [0, 0.1) is 0 Å². The number of piperidine rings is 1. The van der Waals surface area contributed by atoms with Gasteiger partial charge in [0.05, 0.1) is 21.7 Å². The van der Waals surface area contributed by atoms with Crippen molar-refractivity contribution in [1.82, 2.24) is 24.5 Å². The van der Waals surface area contributed by atoms with Gasteiger partial charge < -0.3 is 9.88 Å². The van der Waals surface area contributed by atoms with Crippen LogP contribution in [0.1, 0.15) is 47.0 Å². The Labute approximate surface area is 193 Å². The summed E-state index contributed by atoms with van der Waals surface area (Å²) in [5, 5.41) is 5.59. The Balaban J connectivity index is 1.75. The van der Waals surface area contributed by atoms with Crippen LogP contribution in [0.15, 0.2) is 28.3 Å². The number of carbonyl (C=O) groups is 2. The third-order valence-electron chi connectivity index (χ3n) is 5.03. The summed E-state index contributed by atoms with van der Waals surface area (Å²) in [6.07, 6.45) is 2.81. The maximum atomic E-state index is 13.0. The fourth-order valence-electron chi connectivity index (χ4n) is 3.58. The summed E-state index contributed by atoms with van der Waals surface area (Å²) in [5.74, 6) is -0.417. The summed E-state index contributed by atoms with van der Waals surface area (Å²) in [5.41, 5.74) is 0.928. The molecule has 0 spiro atoms. The Hall–Kier alpha value is -2.11. The van der Waals surface area contributed by atoms with Gasteiger partial charge in [0.1, 0.15) is 0 Å². The molecule has 1 aliphatic heterocycles. The molecule has 9 nitrogen and oxygen atoms in total. The molecule has 0 atom stereocenters. The molecule has 1 aliphatic rings. The topological polar surface area (TPSA) is 113 Å². The number of carbonyl (C=O) groups excluding carboxylic acids is 2. The van der Waals surface area contributed by atoms with E-state index in [4.69, 9.17) is 0 Å². The van der Waals surface area contributed by atoms with Gasteiger partial charge in [0.15, 0.2) is 5.16 Å². The van der Waals surface area contributed by atoms with E-state index in [1.54, 1.807) is 18.2 Å². The monoisotopic (exact) mass is 481 g/mol. The van der Waals surface area contributed by atoms with Crippen LogP contribution in [0.25, 0.3) is 11.0 Å². The van der Waals surface area contributed by atoms with Crippen molar-refractivity contribution in [3.63, 3.8) is 0 Å². The lowest BCUT2D eigenvalue weighted by Gasteiger charge is -2.25. The van der Waals surface area contributed by atoms with E-state index in [2.05, 4.69) is 15.6 Å². The summed E-state index contributed by atoms with van der Waals surface area (Å²) in [4.78, 5) is 28.9. The van der Waals surface area contributed by atoms with Crippen molar-refractivity contribution < 1.29 is 18.0 Å². The highest BCUT2D eigenvalue weighted by molar-refractivity contribution is 7.99. The molecule has 0 radical (unpaired) electrons. The van der Waals surface area contributed by atoms with Crippen molar-refractivity contribution in [3.05, 3.63) is 18.2 Å². The van der Waals surface area contributed by atoms with Crippen molar-refractivity contribution in [3.8, 4) is 0 Å². The van der Waals surface area contributed by atoms with E-state index < -0.39 is 27.5 Å². The Kier molecular flexibility index (Phi) is 7.51. The average molecular weight is 482 g/mol. The van der Waals surface area contributed by atoms with Crippen LogP contribution in [0.4, 0.5) is 4.79 Å². The number of amides is 3. The zero-order valence-electron chi connectivity index (χ0n) is 19.0. The van der Waals surface area contributed by atoms with Gasteiger partial charge in [-0.3, -0.25) is 10.1 Å². The van der Waals surface area contributed by atoms with E-state index in [0.717, 1.165) is 24.8 Å². The van der Waals surface area contributed by atoms with E-state index in [1.165, 1.54) is 16.1 Å². The number of fused-ring (bicyclic) bond motifs is 1. The van der Waals surface area contributed by atoms with E-state index in [1.807, 2.05) is 32.3 Å². The summed E-state index contributed by atoms with van der Waals surface area (Å²) < 4.78 is 29.5. The second kappa shape index (κ2) is 9.80. The first-order valence-corrected chi connectivity index (χ1v) is 13.2. The molecule has 0 saturated carbocycles. The van der Waals surface area contributed by atoms with Crippen molar-refractivity contribution >= 4 is 44.8 Å². The Morgan fingerprint density at radius 3 is 2.47 bits per heavy atom. The fourth-order valence-corrected chi connectivity index (χ4v) is 6.00. The van der Waals surface area contributed by atoms with Crippen molar-refractivity contribution in [2.45, 2.75) is 69.1 Å². The van der Waals surface area contributed by atoms with Crippen LogP contribution in [0.2, 0.25) is 0 Å². The zero-order chi connectivity index (χ0) is 23.5. The normalized spacial score (nSPS) is 15.6. The molecule has 176 valence electrons. The van der Waals surface area contributed by atoms with Crippen LogP contribution in [0.5, 0.6) is 0 Å². The van der Waals surface area contributed by atoms with Gasteiger partial charge >= 0.3 is 6.03 Å². The fraction of sp³-hybridized carbons (Fsp3) is 0.571. The van der Waals surface area contributed by atoms with Gasteiger partial charge in [-0.05, 0) is 58.7 Å². The Morgan fingerprint density at radius 2 is 1.84 bits per heavy atom. The molecule has 1 fully saturated rings. The van der Waals surface area contributed by atoms with Gasteiger partial charge in [0, 0.05) is 25.2 Å². The quantitative estimate of drug-likeness (QED) is 0.614. The van der Waals surface area contributed by atoms with Gasteiger partial charge in [-0.1, -0.05) is 18.2 Å². The second-order valence-electron chi connectivity index (χ2n) is 8.79. The van der Waals surface area contributed by atoms with E-state index in [9.17, 15) is 18.0 Å². The standard InChI is InChI=1S/C21H31N5O4S2/c1-5-26-17-10-9-15(32(29,30)25-11-7-6-8-12-25)13-16(17)22-20(26)31-14-18(27)23-19(28)24-21(2,3)4/h9-10,13H,5-8,11-12,14H2,1-4H3,(H2,23,24,27,28). The molecule has 1 saturated heterocycles. The molecule has 0 unspecified atom stereocenters. The molecular formula is C21H31N5O4S2. The number of benzene rings is 1. The van der Waals surface area contributed by atoms with Gasteiger partial charge in [-0.25, -0.2) is 18.2 Å². The molecule has 3 amide bonds. The first-order valence-electron chi connectivity index (χ1n) is 10.8. The number of nitrogens with zero attached hydrogens (tertiary/aromatic N) is 3. The van der Waals surface area contributed by atoms with Crippen molar-refractivity contribution in [1.29, 1.82) is 0 Å². The number of aryl methyl sites for hydroxylation is 1. The van der Waals surface area contributed by atoms with E-state index >= 15 is 0 Å². The highest BCUT2D eigenvalue weighted by atomic mass is 32.2. The van der Waals surface area contributed by atoms with Gasteiger partial charge in [0.2, 0.25) is 15.9 Å². The highest BCUT2D eigenvalue weighted by Crippen LogP contribution is 2.28. The molecule has 3 rings (SSSR count). The SMILES string of the molecule is CCn1c(SCC(=O)NC(=O)NC(C)(C)C)nc2cc(S(=O)(=O)N3CCCCC3)ccc21. The minimum atomic E-state index is -3.55. The van der Waals surface area contributed by atoms with Crippen LogP contribution in [-0.4, -0.2) is 58.6 Å². The average Bonchev–Trinajstić information content (AvgIpc) is 3.08. The molecule has 2 heterocycles. The molecule has 0 bridgehead atoms. The molecule has 2 aromatic rings. The van der Waals surface area contributed by atoms with E-state index in [-0.39, 0.29) is 10.6 Å². The largest absolute Gasteiger partial charge is 0.333 e. The number of sulfonamides is 1. The maximum absolute atomic E-state index is 13.0. The zero-order valence-corrected chi connectivity index (χ0v) is 20.6. The van der Waals surface area contributed by atoms with Crippen LogP contribution >= 0.6 is 11.8 Å². The van der Waals surface area contributed by atoms with Crippen molar-refractivity contribution in [2.75, 3.05) is 18.8 Å². The van der Waals surface area contributed by atoms with Crippen LogP contribution in [-0.2, 0) is 21.4 Å². The molecular weight excluding hydrogens is 450 g/mol. The Bertz CT molecular complexity index is 1100. The lowest BCUT2D eigenvalue weighted by atomic mass is 10.1. The summed E-state index contributed by atoms with van der Waals surface area (Å²) >= 11 is 1.21. The number of thioether (sulfide) groups is 1. The van der Waals surface area contributed by atoms with Gasteiger partial charge in [0.25, 0.3) is 0 Å². The minimum absolute atomic E-state index is 0.0137. The van der Waals surface area contributed by atoms with E-state index in [0.29, 0.717) is 30.3 Å². The summed E-state index contributed by atoms with van der Waals surface area (Å²) in [6, 6.07) is 4.45. The molecule has 11 heteroatoms. The number of imide groups is 1. The number of hydrogen-bond donors (Lipinski definition) is 2. The number of urea groups is 1. The Morgan fingerprint density at radius 1 is 1.16 bits per heavy atom. The predicted molar refractivity (Wildman–Crippen MR) is 125 cm³/mol. The third-order valence-corrected chi connectivity index (χ3v) is 7.90. The predicted octanol–water partition coefficient (Wildman–Crippen LogP) is 2.95. The number of rotatable bonds is 6. The smallest absolute Gasteiger partial charge is 0.321 e. The van der Waals surface area contributed by atoms with Gasteiger partial charge in [-0.15, -0.1) is 0 Å². The molecule has 1 aromatic heterocycles. The first kappa shape index (κ1) is 24.5. The third kappa shape index (κ3) is 5.81. The lowest BCUT2D eigenvalue weighted by molar-refractivity contribution is -0.117. The molecule has 0 aliphatic carbocycles. The number of imidazole rings is 1. The number of aromatic nitrogens is 2. The summed E-state index contributed by atoms with van der Waals surface area (Å²) in [6.45, 7) is 9.15. The first-order chi connectivity index (χ1) is 15.0.